The van der Waals surface area contributed by atoms with Gasteiger partial charge >= 0.3 is 6.36 Å². The zero-order chi connectivity index (χ0) is 15.0. The van der Waals surface area contributed by atoms with Crippen LogP contribution in [0.25, 0.3) is 0 Å². The van der Waals surface area contributed by atoms with Gasteiger partial charge in [-0.1, -0.05) is 25.0 Å². The molecule has 0 aliphatic rings. The maximum Gasteiger partial charge on any atom is 0.573 e. The topological polar surface area (TPSA) is 52.3 Å². The maximum atomic E-state index is 12.1. The summed E-state index contributed by atoms with van der Waals surface area (Å²) in [7, 11) is 0. The molecule has 112 valence electrons. The average molecular weight is 289 g/mol. The van der Waals surface area contributed by atoms with Crippen LogP contribution in [0.3, 0.4) is 0 Å². The summed E-state index contributed by atoms with van der Waals surface area (Å²) in [4.78, 5) is 11.8. The molecule has 1 aromatic carbocycles. The van der Waals surface area contributed by atoms with E-state index in [0.29, 0.717) is 19.4 Å². The van der Waals surface area contributed by atoms with E-state index in [-0.39, 0.29) is 17.1 Å². The summed E-state index contributed by atoms with van der Waals surface area (Å²) in [6.07, 6.45) is -0.946. The van der Waals surface area contributed by atoms with Gasteiger partial charge in [-0.15, -0.1) is 13.2 Å². The molecule has 0 aliphatic heterocycles. The molecule has 0 saturated heterocycles. The second-order valence-corrected chi connectivity index (χ2v) is 4.45. The number of rotatable bonds is 8. The fraction of sp³-hybridized carbons (Fsp3) is 0.500. The van der Waals surface area contributed by atoms with Crippen molar-refractivity contribution in [1.82, 2.24) is 0 Å². The molecule has 0 fully saturated rings. The highest BCUT2D eigenvalue weighted by Gasteiger charge is 2.31. The van der Waals surface area contributed by atoms with Crippen molar-refractivity contribution in [2.45, 2.75) is 38.5 Å². The molecular weight excluding hydrogens is 271 g/mol. The first-order valence-corrected chi connectivity index (χ1v) is 6.51. The molecule has 0 unspecified atom stereocenters. The van der Waals surface area contributed by atoms with Crippen molar-refractivity contribution < 1.29 is 22.7 Å². The van der Waals surface area contributed by atoms with Crippen LogP contribution >= 0.6 is 0 Å². The van der Waals surface area contributed by atoms with Gasteiger partial charge in [0.05, 0.1) is 0 Å². The van der Waals surface area contributed by atoms with E-state index in [2.05, 4.69) is 4.74 Å². The largest absolute Gasteiger partial charge is 0.573 e. The normalized spacial score (nSPS) is 11.4. The highest BCUT2D eigenvalue weighted by Crippen LogP contribution is 2.24. The summed E-state index contributed by atoms with van der Waals surface area (Å²) in [5.74, 6) is -0.545. The Balaban J connectivity index is 2.49. The van der Waals surface area contributed by atoms with Crippen molar-refractivity contribution >= 4 is 5.78 Å². The van der Waals surface area contributed by atoms with E-state index < -0.39 is 6.36 Å². The first kappa shape index (κ1) is 16.5. The zero-order valence-corrected chi connectivity index (χ0v) is 11.1. The number of nitrogens with two attached hydrogens (primary N) is 1. The number of hydrogen-bond acceptors (Lipinski definition) is 3. The van der Waals surface area contributed by atoms with Crippen molar-refractivity contribution in [2.24, 2.45) is 5.73 Å². The Morgan fingerprint density at radius 1 is 1.15 bits per heavy atom. The zero-order valence-electron chi connectivity index (χ0n) is 11.1. The van der Waals surface area contributed by atoms with Crippen LogP contribution in [0.4, 0.5) is 13.2 Å². The van der Waals surface area contributed by atoms with Crippen LogP contribution in [0.2, 0.25) is 0 Å². The Morgan fingerprint density at radius 3 is 2.50 bits per heavy atom. The lowest BCUT2D eigenvalue weighted by Crippen LogP contribution is -2.17. The van der Waals surface area contributed by atoms with Crippen LogP contribution < -0.4 is 10.5 Å². The number of halogens is 3. The predicted molar refractivity (Wildman–Crippen MR) is 69.6 cm³/mol. The van der Waals surface area contributed by atoms with Crippen LogP contribution in [0.15, 0.2) is 24.3 Å². The van der Waals surface area contributed by atoms with Gasteiger partial charge in [0.15, 0.2) is 5.78 Å². The average Bonchev–Trinajstić information content (AvgIpc) is 2.36. The first-order chi connectivity index (χ1) is 9.42. The third-order valence-corrected chi connectivity index (χ3v) is 2.75. The number of unbranched alkanes of at least 4 members (excludes halogenated alkanes) is 3. The second-order valence-electron chi connectivity index (χ2n) is 4.45. The molecule has 3 nitrogen and oxygen atoms in total. The Bertz CT molecular complexity index is 433. The summed E-state index contributed by atoms with van der Waals surface area (Å²) in [6.45, 7) is 0.630. The minimum absolute atomic E-state index is 0.176. The quantitative estimate of drug-likeness (QED) is 0.586. The highest BCUT2D eigenvalue weighted by atomic mass is 19.4. The summed E-state index contributed by atoms with van der Waals surface area (Å²) in [6, 6.07) is 5.16. The van der Waals surface area contributed by atoms with Crippen LogP contribution in [0.5, 0.6) is 5.75 Å². The van der Waals surface area contributed by atoms with Crippen molar-refractivity contribution in [3.8, 4) is 5.75 Å². The Kier molecular flexibility index (Phi) is 6.51. The van der Waals surface area contributed by atoms with Gasteiger partial charge in [0.2, 0.25) is 0 Å². The van der Waals surface area contributed by atoms with Crippen LogP contribution in [-0.2, 0) is 0 Å². The number of ether oxygens (including phenoxy) is 1. The van der Waals surface area contributed by atoms with E-state index in [1.54, 1.807) is 0 Å². The van der Waals surface area contributed by atoms with Gasteiger partial charge in [0.1, 0.15) is 5.75 Å². The smallest absolute Gasteiger partial charge is 0.406 e. The number of carbonyl (C=O) groups excluding carboxylic acids is 1. The molecule has 1 rings (SSSR count). The van der Waals surface area contributed by atoms with E-state index in [1.165, 1.54) is 18.2 Å². The lowest BCUT2D eigenvalue weighted by atomic mass is 10.0. The van der Waals surface area contributed by atoms with Crippen molar-refractivity contribution in [2.75, 3.05) is 6.54 Å². The third kappa shape index (κ3) is 6.56. The highest BCUT2D eigenvalue weighted by molar-refractivity contribution is 5.96. The molecular formula is C14H18F3NO2. The molecule has 20 heavy (non-hydrogen) atoms. The minimum atomic E-state index is -4.75. The molecule has 0 heterocycles. The number of benzene rings is 1. The number of Topliss-reactive ketones (excluding diaryl/α,β-unsaturated/α-hetero) is 1. The summed E-state index contributed by atoms with van der Waals surface area (Å²) < 4.78 is 40.0. The lowest BCUT2D eigenvalue weighted by Gasteiger charge is -2.09. The van der Waals surface area contributed by atoms with Gasteiger partial charge in [0.25, 0.3) is 0 Å². The molecule has 0 amide bonds. The number of alkyl halides is 3. The number of carbonyl (C=O) groups is 1. The molecule has 0 bridgehead atoms. The second kappa shape index (κ2) is 7.89. The van der Waals surface area contributed by atoms with Gasteiger partial charge in [-0.3, -0.25) is 4.79 Å². The van der Waals surface area contributed by atoms with E-state index >= 15 is 0 Å². The summed E-state index contributed by atoms with van der Waals surface area (Å²) in [5, 5.41) is 0. The monoisotopic (exact) mass is 289 g/mol. The van der Waals surface area contributed by atoms with Gasteiger partial charge in [-0.25, -0.2) is 0 Å². The van der Waals surface area contributed by atoms with Gasteiger partial charge in [-0.2, -0.15) is 0 Å². The summed E-state index contributed by atoms with van der Waals surface area (Å²) >= 11 is 0. The molecule has 0 atom stereocenters. The van der Waals surface area contributed by atoms with Crippen LogP contribution in [-0.4, -0.2) is 18.7 Å². The third-order valence-electron chi connectivity index (χ3n) is 2.75. The Hall–Kier alpha value is -1.56. The maximum absolute atomic E-state index is 12.1. The fourth-order valence-electron chi connectivity index (χ4n) is 1.79. The molecule has 0 aromatic heterocycles. The number of ketones is 1. The Morgan fingerprint density at radius 2 is 1.85 bits per heavy atom. The minimum Gasteiger partial charge on any atom is -0.406 e. The van der Waals surface area contributed by atoms with Gasteiger partial charge < -0.3 is 10.5 Å². The fourth-order valence-corrected chi connectivity index (χ4v) is 1.79. The number of hydrogen-bond donors (Lipinski definition) is 1. The van der Waals surface area contributed by atoms with Crippen LogP contribution in [0.1, 0.15) is 42.5 Å². The molecule has 0 spiro atoms. The molecule has 0 radical (unpaired) electrons. The van der Waals surface area contributed by atoms with Crippen molar-refractivity contribution in [3.63, 3.8) is 0 Å². The SMILES string of the molecule is NCCCCCCC(=O)c1cccc(OC(F)(F)F)c1. The van der Waals surface area contributed by atoms with Crippen molar-refractivity contribution in [1.29, 1.82) is 0 Å². The van der Waals surface area contributed by atoms with E-state index in [9.17, 15) is 18.0 Å². The van der Waals surface area contributed by atoms with E-state index in [0.717, 1.165) is 25.3 Å². The van der Waals surface area contributed by atoms with E-state index in [4.69, 9.17) is 5.73 Å². The van der Waals surface area contributed by atoms with Gasteiger partial charge in [-0.05, 0) is 31.5 Å². The van der Waals surface area contributed by atoms with Crippen molar-refractivity contribution in [3.05, 3.63) is 29.8 Å². The molecule has 0 saturated carbocycles. The van der Waals surface area contributed by atoms with Gasteiger partial charge in [0, 0.05) is 12.0 Å². The first-order valence-electron chi connectivity index (χ1n) is 6.51. The molecule has 2 N–H and O–H groups in total. The molecule has 1 aromatic rings. The molecule has 0 aliphatic carbocycles. The van der Waals surface area contributed by atoms with Crippen LogP contribution in [0, 0.1) is 0 Å². The summed E-state index contributed by atoms with van der Waals surface area (Å²) in [5.41, 5.74) is 5.60. The predicted octanol–water partition coefficient (Wildman–Crippen LogP) is 3.68. The standard InChI is InChI=1S/C14H18F3NO2/c15-14(16,17)20-12-7-5-6-11(10-12)13(19)8-3-1-2-4-9-18/h5-7,10H,1-4,8-9,18H2. The lowest BCUT2D eigenvalue weighted by molar-refractivity contribution is -0.274. The molecule has 6 heteroatoms. The van der Waals surface area contributed by atoms with E-state index in [1.807, 2.05) is 0 Å². The Labute approximate surface area is 115 Å².